The van der Waals surface area contributed by atoms with Crippen molar-refractivity contribution in [1.29, 1.82) is 0 Å². The molecule has 2 atom stereocenters. The van der Waals surface area contributed by atoms with Gasteiger partial charge >= 0.3 is 0 Å². The van der Waals surface area contributed by atoms with Crippen LogP contribution in [-0.4, -0.2) is 61.7 Å². The average molecular weight is 245 g/mol. The van der Waals surface area contributed by atoms with Crippen LogP contribution in [0, 0.1) is 0 Å². The van der Waals surface area contributed by atoms with E-state index in [1.807, 2.05) is 7.05 Å². The zero-order valence-corrected chi connectivity index (χ0v) is 11.4. The lowest BCUT2D eigenvalue weighted by Crippen LogP contribution is -2.38. The molecule has 0 radical (unpaired) electrons. The van der Waals surface area contributed by atoms with Gasteiger partial charge in [-0.05, 0) is 33.2 Å². The monoisotopic (exact) mass is 245 g/mol. The molecule has 2 unspecified atom stereocenters. The third-order valence-corrected chi connectivity index (χ3v) is 3.53. The molecule has 0 spiro atoms. The van der Waals surface area contributed by atoms with Gasteiger partial charge in [-0.25, -0.2) is 0 Å². The SMILES string of the molecule is CCC(C)N(C)CC(O)COC1CCOCC1. The lowest BCUT2D eigenvalue weighted by atomic mass is 10.1. The molecule has 0 aromatic heterocycles. The summed E-state index contributed by atoms with van der Waals surface area (Å²) in [5, 5.41) is 9.90. The molecule has 17 heavy (non-hydrogen) atoms. The first-order valence-electron chi connectivity index (χ1n) is 6.71. The second-order valence-corrected chi connectivity index (χ2v) is 5.00. The molecule has 1 aliphatic rings. The Morgan fingerprint density at radius 1 is 1.41 bits per heavy atom. The molecule has 0 aromatic carbocycles. The van der Waals surface area contributed by atoms with Crippen LogP contribution in [0.4, 0.5) is 0 Å². The second-order valence-electron chi connectivity index (χ2n) is 5.00. The van der Waals surface area contributed by atoms with Gasteiger partial charge in [0, 0.05) is 25.8 Å². The molecule has 1 aliphatic heterocycles. The molecular formula is C13H27NO3. The highest BCUT2D eigenvalue weighted by Gasteiger charge is 2.17. The van der Waals surface area contributed by atoms with E-state index in [4.69, 9.17) is 9.47 Å². The van der Waals surface area contributed by atoms with Crippen molar-refractivity contribution >= 4 is 0 Å². The molecule has 0 amide bonds. The zero-order valence-electron chi connectivity index (χ0n) is 11.4. The molecule has 0 aromatic rings. The topological polar surface area (TPSA) is 41.9 Å². The smallest absolute Gasteiger partial charge is 0.0900 e. The number of nitrogens with zero attached hydrogens (tertiary/aromatic N) is 1. The number of rotatable bonds is 7. The number of aliphatic hydroxyl groups excluding tert-OH is 1. The van der Waals surface area contributed by atoms with E-state index in [9.17, 15) is 5.11 Å². The van der Waals surface area contributed by atoms with Crippen molar-refractivity contribution in [2.24, 2.45) is 0 Å². The van der Waals surface area contributed by atoms with E-state index in [0.717, 1.165) is 32.5 Å². The Hall–Kier alpha value is -0.160. The van der Waals surface area contributed by atoms with Gasteiger partial charge in [0.2, 0.25) is 0 Å². The van der Waals surface area contributed by atoms with Gasteiger partial charge in [0.25, 0.3) is 0 Å². The molecular weight excluding hydrogens is 218 g/mol. The lowest BCUT2D eigenvalue weighted by Gasteiger charge is -2.28. The maximum absolute atomic E-state index is 9.90. The first-order chi connectivity index (χ1) is 8.13. The van der Waals surface area contributed by atoms with Crippen molar-refractivity contribution in [3.8, 4) is 0 Å². The summed E-state index contributed by atoms with van der Waals surface area (Å²) in [4.78, 5) is 2.18. The number of ether oxygens (including phenoxy) is 2. The number of likely N-dealkylation sites (N-methyl/N-ethyl adjacent to an activating group) is 1. The first-order valence-corrected chi connectivity index (χ1v) is 6.71. The summed E-state index contributed by atoms with van der Waals surface area (Å²) < 4.78 is 11.0. The van der Waals surface area contributed by atoms with Crippen LogP contribution < -0.4 is 0 Å². The van der Waals surface area contributed by atoms with Crippen LogP contribution in [0.1, 0.15) is 33.1 Å². The normalized spacial score (nSPS) is 21.7. The lowest BCUT2D eigenvalue weighted by molar-refractivity contribution is -0.0644. The molecule has 0 bridgehead atoms. The number of hydrogen-bond donors (Lipinski definition) is 1. The third-order valence-electron chi connectivity index (χ3n) is 3.53. The van der Waals surface area contributed by atoms with Crippen molar-refractivity contribution in [3.63, 3.8) is 0 Å². The molecule has 4 heteroatoms. The minimum Gasteiger partial charge on any atom is -0.389 e. The highest BCUT2D eigenvalue weighted by atomic mass is 16.5. The van der Waals surface area contributed by atoms with Crippen LogP contribution in [0.15, 0.2) is 0 Å². The van der Waals surface area contributed by atoms with E-state index in [1.165, 1.54) is 0 Å². The summed E-state index contributed by atoms with van der Waals surface area (Å²) in [6.07, 6.45) is 2.88. The van der Waals surface area contributed by atoms with Crippen molar-refractivity contribution in [1.82, 2.24) is 4.90 Å². The minimum atomic E-state index is -0.392. The zero-order chi connectivity index (χ0) is 12.7. The summed E-state index contributed by atoms with van der Waals surface area (Å²) in [6, 6.07) is 0.507. The van der Waals surface area contributed by atoms with Crippen LogP contribution in [-0.2, 0) is 9.47 Å². The van der Waals surface area contributed by atoms with Crippen molar-refractivity contribution in [2.75, 3.05) is 33.4 Å². The van der Waals surface area contributed by atoms with Gasteiger partial charge in [-0.2, -0.15) is 0 Å². The van der Waals surface area contributed by atoms with Crippen LogP contribution in [0.3, 0.4) is 0 Å². The Kier molecular flexibility index (Phi) is 7.04. The van der Waals surface area contributed by atoms with E-state index in [0.29, 0.717) is 19.2 Å². The van der Waals surface area contributed by atoms with Crippen molar-refractivity contribution < 1.29 is 14.6 Å². The van der Waals surface area contributed by atoms with Gasteiger partial charge in [0.15, 0.2) is 0 Å². The van der Waals surface area contributed by atoms with E-state index in [-0.39, 0.29) is 6.10 Å². The Morgan fingerprint density at radius 2 is 2.06 bits per heavy atom. The molecule has 1 N–H and O–H groups in total. The molecule has 1 saturated heterocycles. The molecule has 1 rings (SSSR count). The molecule has 102 valence electrons. The van der Waals surface area contributed by atoms with E-state index < -0.39 is 6.10 Å². The summed E-state index contributed by atoms with van der Waals surface area (Å²) in [5.41, 5.74) is 0. The summed E-state index contributed by atoms with van der Waals surface area (Å²) in [7, 11) is 2.05. The van der Waals surface area contributed by atoms with Gasteiger partial charge < -0.3 is 19.5 Å². The second kappa shape index (κ2) is 8.03. The average Bonchev–Trinajstić information content (AvgIpc) is 2.36. The molecule has 1 heterocycles. The van der Waals surface area contributed by atoms with E-state index in [2.05, 4.69) is 18.7 Å². The minimum absolute atomic E-state index is 0.271. The number of hydrogen-bond acceptors (Lipinski definition) is 4. The van der Waals surface area contributed by atoms with E-state index >= 15 is 0 Å². The van der Waals surface area contributed by atoms with Gasteiger partial charge in [-0.1, -0.05) is 6.92 Å². The van der Waals surface area contributed by atoms with E-state index in [1.54, 1.807) is 0 Å². The van der Waals surface area contributed by atoms with Gasteiger partial charge in [-0.3, -0.25) is 0 Å². The fourth-order valence-corrected chi connectivity index (χ4v) is 1.97. The number of aliphatic hydroxyl groups is 1. The van der Waals surface area contributed by atoms with Crippen LogP contribution in [0.5, 0.6) is 0 Å². The van der Waals surface area contributed by atoms with Crippen LogP contribution in [0.2, 0.25) is 0 Å². The Morgan fingerprint density at radius 3 is 2.65 bits per heavy atom. The predicted octanol–water partition coefficient (Wildman–Crippen LogP) is 1.27. The van der Waals surface area contributed by atoms with Crippen molar-refractivity contribution in [2.45, 2.75) is 51.4 Å². The van der Waals surface area contributed by atoms with Crippen molar-refractivity contribution in [3.05, 3.63) is 0 Å². The quantitative estimate of drug-likeness (QED) is 0.733. The van der Waals surface area contributed by atoms with Gasteiger partial charge in [-0.15, -0.1) is 0 Å². The van der Waals surface area contributed by atoms with Crippen LogP contribution in [0.25, 0.3) is 0 Å². The largest absolute Gasteiger partial charge is 0.389 e. The molecule has 0 aliphatic carbocycles. The third kappa shape index (κ3) is 5.82. The fraction of sp³-hybridized carbons (Fsp3) is 1.00. The highest BCUT2D eigenvalue weighted by molar-refractivity contribution is 4.68. The van der Waals surface area contributed by atoms with Gasteiger partial charge in [0.05, 0.1) is 18.8 Å². The molecule has 4 nitrogen and oxygen atoms in total. The Bertz CT molecular complexity index is 195. The van der Waals surface area contributed by atoms with Crippen LogP contribution >= 0.6 is 0 Å². The summed E-state index contributed by atoms with van der Waals surface area (Å²) in [6.45, 7) is 7.02. The molecule has 1 fully saturated rings. The standard InChI is InChI=1S/C13H27NO3/c1-4-11(2)14(3)9-12(15)10-17-13-5-7-16-8-6-13/h11-13,15H,4-10H2,1-3H3. The Balaban J connectivity index is 2.13. The summed E-state index contributed by atoms with van der Waals surface area (Å²) in [5.74, 6) is 0. The highest BCUT2D eigenvalue weighted by Crippen LogP contribution is 2.11. The predicted molar refractivity (Wildman–Crippen MR) is 68.2 cm³/mol. The maximum atomic E-state index is 9.90. The molecule has 0 saturated carbocycles. The fourth-order valence-electron chi connectivity index (χ4n) is 1.97. The Labute approximate surface area is 105 Å². The maximum Gasteiger partial charge on any atom is 0.0900 e. The first kappa shape index (κ1) is 14.9. The summed E-state index contributed by atoms with van der Waals surface area (Å²) >= 11 is 0. The van der Waals surface area contributed by atoms with Gasteiger partial charge in [0.1, 0.15) is 0 Å².